The maximum Gasteiger partial charge on any atom is 0.304 e. The molecule has 0 bridgehead atoms. The average Bonchev–Trinajstić information content (AvgIpc) is 1.61. The fraction of sp³-hybridized carbons (Fsp3) is 0.800. The zero-order valence-corrected chi connectivity index (χ0v) is 6.44. The molecule has 0 aromatic rings. The lowest BCUT2D eigenvalue weighted by Crippen LogP contribution is -2.15. The van der Waals surface area contributed by atoms with Crippen molar-refractivity contribution in [2.75, 3.05) is 20.6 Å². The Kier molecular flexibility index (Phi) is 7.48. The number of halogens is 1. The van der Waals surface area contributed by atoms with Gasteiger partial charge in [0.2, 0.25) is 0 Å². The van der Waals surface area contributed by atoms with Gasteiger partial charge in [-0.15, -0.1) is 12.4 Å². The minimum absolute atomic E-state index is 0. The first-order valence-corrected chi connectivity index (χ1v) is 2.49. The third-order valence-corrected chi connectivity index (χ3v) is 0.773. The fourth-order valence-corrected chi connectivity index (χ4v) is 0.319. The fourth-order valence-electron chi connectivity index (χ4n) is 0.319. The van der Waals surface area contributed by atoms with Crippen LogP contribution >= 0.6 is 12.4 Å². The van der Waals surface area contributed by atoms with E-state index in [0.29, 0.717) is 6.54 Å². The molecule has 1 N–H and O–H groups in total. The zero-order chi connectivity index (χ0) is 6.57. The molecule has 0 radical (unpaired) electrons. The summed E-state index contributed by atoms with van der Waals surface area (Å²) in [6.45, 7) is 0.620. The highest BCUT2D eigenvalue weighted by molar-refractivity contribution is 5.85. The van der Waals surface area contributed by atoms with E-state index in [-0.39, 0.29) is 18.8 Å². The lowest BCUT2D eigenvalue weighted by molar-refractivity contribution is -0.137. The van der Waals surface area contributed by atoms with E-state index in [2.05, 4.69) is 0 Å². The molecule has 0 amide bonds. The van der Waals surface area contributed by atoms with Gasteiger partial charge in [0.1, 0.15) is 0 Å². The van der Waals surface area contributed by atoms with E-state index in [0.717, 1.165) is 0 Å². The van der Waals surface area contributed by atoms with E-state index in [1.165, 1.54) is 0 Å². The highest BCUT2D eigenvalue weighted by Crippen LogP contribution is 1.80. The van der Waals surface area contributed by atoms with Crippen LogP contribution in [0.2, 0.25) is 0 Å². The standard InChI is InChI=1S/C5H11NO2.ClH/c1-6(2)4-3-5(7)8;/h3-4H2,1-2H3,(H,7,8);1H/i1+1;. The molecule has 9 heavy (non-hydrogen) atoms. The van der Waals surface area contributed by atoms with Crippen molar-refractivity contribution in [1.82, 2.24) is 4.90 Å². The van der Waals surface area contributed by atoms with Crippen LogP contribution in [0.4, 0.5) is 0 Å². The Morgan fingerprint density at radius 2 is 2.00 bits per heavy atom. The van der Waals surface area contributed by atoms with Gasteiger partial charge in [0.05, 0.1) is 6.42 Å². The van der Waals surface area contributed by atoms with Crippen LogP contribution in [0, 0.1) is 0 Å². The second-order valence-corrected chi connectivity index (χ2v) is 1.95. The molecule has 0 fully saturated rings. The summed E-state index contributed by atoms with van der Waals surface area (Å²) in [4.78, 5) is 11.7. The molecule has 0 heterocycles. The first-order valence-electron chi connectivity index (χ1n) is 2.49. The smallest absolute Gasteiger partial charge is 0.304 e. The Bertz CT molecular complexity index is 85.0. The van der Waals surface area contributed by atoms with Gasteiger partial charge in [-0.3, -0.25) is 4.79 Å². The predicted octanol–water partition coefficient (Wildman–Crippen LogP) is 0.444. The summed E-state index contributed by atoms with van der Waals surface area (Å²) < 4.78 is 0. The third kappa shape index (κ3) is 11.3. The van der Waals surface area contributed by atoms with E-state index in [9.17, 15) is 4.79 Å². The highest BCUT2D eigenvalue weighted by Gasteiger charge is 1.95. The van der Waals surface area contributed by atoms with Crippen molar-refractivity contribution in [3.63, 3.8) is 0 Å². The molecule has 0 rings (SSSR count). The van der Waals surface area contributed by atoms with Crippen molar-refractivity contribution in [2.24, 2.45) is 0 Å². The van der Waals surface area contributed by atoms with Crippen molar-refractivity contribution in [3.05, 3.63) is 0 Å². The minimum Gasteiger partial charge on any atom is -0.481 e. The van der Waals surface area contributed by atoms with Crippen LogP contribution in [0.15, 0.2) is 0 Å². The summed E-state index contributed by atoms with van der Waals surface area (Å²) in [5.74, 6) is -0.737. The van der Waals surface area contributed by atoms with Crippen LogP contribution in [0.25, 0.3) is 0 Å². The van der Waals surface area contributed by atoms with E-state index in [1.807, 2.05) is 19.0 Å². The van der Waals surface area contributed by atoms with Gasteiger partial charge in [0.25, 0.3) is 0 Å². The average molecular weight is 155 g/mol. The Morgan fingerprint density at radius 1 is 1.56 bits per heavy atom. The van der Waals surface area contributed by atoms with Gasteiger partial charge in [-0.2, -0.15) is 0 Å². The molecule has 0 aliphatic heterocycles. The molecule has 0 aromatic carbocycles. The van der Waals surface area contributed by atoms with Crippen LogP contribution in [-0.4, -0.2) is 36.6 Å². The van der Waals surface area contributed by atoms with E-state index >= 15 is 0 Å². The molecule has 0 unspecified atom stereocenters. The molecular formula is C5H12ClNO2. The topological polar surface area (TPSA) is 40.5 Å². The molecule has 0 aliphatic carbocycles. The number of aliphatic carboxylic acids is 1. The first-order chi connectivity index (χ1) is 3.63. The van der Waals surface area contributed by atoms with Gasteiger partial charge in [-0.25, -0.2) is 0 Å². The van der Waals surface area contributed by atoms with Crippen LogP contribution < -0.4 is 0 Å². The summed E-state index contributed by atoms with van der Waals surface area (Å²) in [5.41, 5.74) is 0. The van der Waals surface area contributed by atoms with Gasteiger partial charge in [-0.05, 0) is 14.1 Å². The molecule has 0 saturated carbocycles. The zero-order valence-electron chi connectivity index (χ0n) is 5.63. The maximum absolute atomic E-state index is 9.88. The van der Waals surface area contributed by atoms with Crippen molar-refractivity contribution in [2.45, 2.75) is 6.42 Å². The SMILES string of the molecule is CN([13CH3])CCC(=O)O.Cl. The van der Waals surface area contributed by atoms with Crippen LogP contribution in [-0.2, 0) is 4.79 Å². The van der Waals surface area contributed by atoms with Crippen molar-refractivity contribution in [1.29, 1.82) is 0 Å². The van der Waals surface area contributed by atoms with Gasteiger partial charge >= 0.3 is 5.97 Å². The van der Waals surface area contributed by atoms with Gasteiger partial charge in [0, 0.05) is 6.54 Å². The number of carbonyl (C=O) groups is 1. The first kappa shape index (κ1) is 11.5. The van der Waals surface area contributed by atoms with Gasteiger partial charge in [0.15, 0.2) is 0 Å². The number of hydrogen-bond acceptors (Lipinski definition) is 2. The number of rotatable bonds is 3. The van der Waals surface area contributed by atoms with Crippen molar-refractivity contribution in [3.8, 4) is 0 Å². The highest BCUT2D eigenvalue weighted by atomic mass is 35.5. The molecule has 56 valence electrons. The molecule has 0 saturated heterocycles. The Hall–Kier alpha value is -0.280. The predicted molar refractivity (Wildman–Crippen MR) is 38.1 cm³/mol. The van der Waals surface area contributed by atoms with Crippen LogP contribution in [0.3, 0.4) is 0 Å². The normalized spacial score (nSPS) is 8.78. The second-order valence-electron chi connectivity index (χ2n) is 1.95. The summed E-state index contributed by atoms with van der Waals surface area (Å²) in [5, 5.41) is 8.14. The number of carboxylic acids is 1. The Morgan fingerprint density at radius 3 is 2.11 bits per heavy atom. The quantitative estimate of drug-likeness (QED) is 0.600. The summed E-state index contributed by atoms with van der Waals surface area (Å²) in [7, 11) is 3.70. The summed E-state index contributed by atoms with van der Waals surface area (Å²) in [6.07, 6.45) is 0.229. The van der Waals surface area contributed by atoms with Crippen LogP contribution in [0.5, 0.6) is 0 Å². The summed E-state index contributed by atoms with van der Waals surface area (Å²) in [6, 6.07) is 0. The number of nitrogens with zero attached hydrogens (tertiary/aromatic N) is 1. The molecule has 0 aromatic heterocycles. The van der Waals surface area contributed by atoms with E-state index < -0.39 is 5.97 Å². The molecule has 4 heteroatoms. The maximum atomic E-state index is 9.88. The van der Waals surface area contributed by atoms with Crippen molar-refractivity contribution >= 4 is 18.4 Å². The number of carboxylic acid groups (broad SMARTS) is 1. The van der Waals surface area contributed by atoms with Crippen molar-refractivity contribution < 1.29 is 9.90 Å². The van der Waals surface area contributed by atoms with Gasteiger partial charge in [-0.1, -0.05) is 0 Å². The lowest BCUT2D eigenvalue weighted by Gasteiger charge is -2.04. The number of hydrogen-bond donors (Lipinski definition) is 1. The Labute approximate surface area is 61.1 Å². The van der Waals surface area contributed by atoms with E-state index in [1.54, 1.807) is 0 Å². The monoisotopic (exact) mass is 154 g/mol. The lowest BCUT2D eigenvalue weighted by atomic mass is 10.4. The molecule has 0 spiro atoms. The summed E-state index contributed by atoms with van der Waals surface area (Å²) >= 11 is 0. The molecule has 0 atom stereocenters. The minimum atomic E-state index is -0.737. The van der Waals surface area contributed by atoms with E-state index in [4.69, 9.17) is 5.11 Å². The molecular weight excluding hydrogens is 143 g/mol. The van der Waals surface area contributed by atoms with Gasteiger partial charge < -0.3 is 10.0 Å². The molecule has 3 nitrogen and oxygen atoms in total. The Balaban J connectivity index is 0. The van der Waals surface area contributed by atoms with Crippen LogP contribution in [0.1, 0.15) is 6.42 Å². The second kappa shape index (κ2) is 5.85. The largest absolute Gasteiger partial charge is 0.481 e. The molecule has 0 aliphatic rings. The third-order valence-electron chi connectivity index (χ3n) is 0.773.